The fraction of sp³-hybridized carbons (Fsp3) is 0.333. The first-order valence-corrected chi connectivity index (χ1v) is 2.43. The standard InChI is InChI=1S/C6H6NO/c1-5(8)6-2-3-7-4-6/h4H,2H2,1H3/q+1. The number of allylic oxidation sites excluding steroid dienone is 1. The lowest BCUT2D eigenvalue weighted by molar-refractivity contribution is -0.113. The lowest BCUT2D eigenvalue weighted by Gasteiger charge is -1.79. The second-order valence-electron chi connectivity index (χ2n) is 1.67. The largest absolute Gasteiger partial charge is 0.313 e. The minimum atomic E-state index is 0.0961. The molecule has 40 valence electrons. The monoisotopic (exact) mass is 108 g/mol. The Morgan fingerprint density at radius 3 is 3.00 bits per heavy atom. The molecule has 0 bridgehead atoms. The molecule has 0 aliphatic carbocycles. The Bertz CT molecular complexity index is 204. The minimum Gasteiger partial charge on any atom is -0.295 e. The van der Waals surface area contributed by atoms with Crippen molar-refractivity contribution in [1.82, 2.24) is 0 Å². The van der Waals surface area contributed by atoms with E-state index in [4.69, 9.17) is 0 Å². The second-order valence-corrected chi connectivity index (χ2v) is 1.67. The van der Waals surface area contributed by atoms with Crippen LogP contribution in [0.3, 0.4) is 0 Å². The van der Waals surface area contributed by atoms with E-state index in [9.17, 15) is 4.79 Å². The first-order valence-electron chi connectivity index (χ1n) is 2.43. The molecule has 0 atom stereocenters. The second kappa shape index (κ2) is 1.79. The number of carbonyl (C=O) groups excluding carboxylic acids is 1. The first kappa shape index (κ1) is 5.04. The van der Waals surface area contributed by atoms with Gasteiger partial charge in [0.05, 0.1) is 5.57 Å². The Morgan fingerprint density at radius 2 is 2.75 bits per heavy atom. The molecule has 0 aromatic rings. The number of hydrogen-bond donors (Lipinski definition) is 0. The Morgan fingerprint density at radius 1 is 2.00 bits per heavy atom. The van der Waals surface area contributed by atoms with Crippen LogP contribution in [0.2, 0.25) is 0 Å². The molecule has 0 fully saturated rings. The Kier molecular flexibility index (Phi) is 1.13. The molecule has 0 saturated carbocycles. The van der Waals surface area contributed by atoms with E-state index in [1.807, 2.05) is 0 Å². The summed E-state index contributed by atoms with van der Waals surface area (Å²) in [5.74, 6) is 0.0961. The van der Waals surface area contributed by atoms with Gasteiger partial charge in [0.25, 0.3) is 6.07 Å². The summed E-state index contributed by atoms with van der Waals surface area (Å²) in [4.78, 5) is 14.1. The van der Waals surface area contributed by atoms with Crippen molar-refractivity contribution in [1.29, 1.82) is 0 Å². The quantitative estimate of drug-likeness (QED) is 0.494. The molecule has 1 aliphatic rings. The Balaban J connectivity index is 2.70. The highest BCUT2D eigenvalue weighted by Crippen LogP contribution is 2.06. The van der Waals surface area contributed by atoms with Crippen LogP contribution in [0.25, 0.3) is 4.85 Å². The van der Waals surface area contributed by atoms with Crippen molar-refractivity contribution >= 4 is 5.78 Å². The van der Waals surface area contributed by atoms with Crippen LogP contribution in [0.4, 0.5) is 0 Å². The SMILES string of the molecule is CC(=O)C1=C[N+]#CC1. The number of ketones is 1. The summed E-state index contributed by atoms with van der Waals surface area (Å²) in [5, 5.41) is 0. The number of hydrogen-bond acceptors (Lipinski definition) is 1. The van der Waals surface area contributed by atoms with Crippen molar-refractivity contribution in [3.63, 3.8) is 0 Å². The van der Waals surface area contributed by atoms with Crippen LogP contribution in [0.5, 0.6) is 0 Å². The molecular weight excluding hydrogens is 102 g/mol. The van der Waals surface area contributed by atoms with Crippen LogP contribution in [0.1, 0.15) is 13.3 Å². The van der Waals surface area contributed by atoms with Crippen molar-refractivity contribution in [3.8, 4) is 6.07 Å². The summed E-state index contributed by atoms with van der Waals surface area (Å²) < 4.78 is 0. The van der Waals surface area contributed by atoms with E-state index in [1.54, 1.807) is 6.20 Å². The number of nitrogens with zero attached hydrogens (tertiary/aromatic N) is 1. The van der Waals surface area contributed by atoms with Crippen molar-refractivity contribution in [2.45, 2.75) is 13.3 Å². The minimum absolute atomic E-state index is 0.0961. The van der Waals surface area contributed by atoms with E-state index in [-0.39, 0.29) is 5.78 Å². The highest BCUT2D eigenvalue weighted by molar-refractivity contribution is 5.94. The van der Waals surface area contributed by atoms with Crippen molar-refractivity contribution in [3.05, 3.63) is 16.6 Å². The van der Waals surface area contributed by atoms with E-state index in [0.29, 0.717) is 6.42 Å². The fourth-order valence-electron chi connectivity index (χ4n) is 0.515. The van der Waals surface area contributed by atoms with E-state index in [1.165, 1.54) is 6.92 Å². The highest BCUT2D eigenvalue weighted by Gasteiger charge is 2.12. The normalized spacial score (nSPS) is 14.4. The van der Waals surface area contributed by atoms with E-state index >= 15 is 0 Å². The Hall–Kier alpha value is -1.10. The zero-order chi connectivity index (χ0) is 5.98. The predicted molar refractivity (Wildman–Crippen MR) is 30.6 cm³/mol. The lowest BCUT2D eigenvalue weighted by Crippen LogP contribution is -1.91. The van der Waals surface area contributed by atoms with Crippen LogP contribution < -0.4 is 0 Å². The van der Waals surface area contributed by atoms with Gasteiger partial charge in [-0.05, 0) is 11.8 Å². The zero-order valence-corrected chi connectivity index (χ0v) is 4.64. The summed E-state index contributed by atoms with van der Waals surface area (Å²) in [7, 11) is 0. The maximum absolute atomic E-state index is 10.5. The first-order chi connectivity index (χ1) is 3.80. The third-order valence-electron chi connectivity index (χ3n) is 1.03. The third-order valence-corrected chi connectivity index (χ3v) is 1.03. The van der Waals surface area contributed by atoms with Gasteiger partial charge in [-0.3, -0.25) is 4.79 Å². The van der Waals surface area contributed by atoms with Crippen molar-refractivity contribution in [2.75, 3.05) is 0 Å². The highest BCUT2D eigenvalue weighted by atomic mass is 16.1. The molecule has 2 nitrogen and oxygen atoms in total. The summed E-state index contributed by atoms with van der Waals surface area (Å²) >= 11 is 0. The molecule has 8 heavy (non-hydrogen) atoms. The average molecular weight is 108 g/mol. The molecule has 0 aromatic carbocycles. The molecule has 0 radical (unpaired) electrons. The predicted octanol–water partition coefficient (Wildman–Crippen LogP) is 1.20. The zero-order valence-electron chi connectivity index (χ0n) is 4.64. The van der Waals surface area contributed by atoms with Crippen molar-refractivity contribution in [2.24, 2.45) is 0 Å². The van der Waals surface area contributed by atoms with Gasteiger partial charge in [0.2, 0.25) is 0 Å². The molecule has 1 aliphatic heterocycles. The molecule has 0 N–H and O–H groups in total. The van der Waals surface area contributed by atoms with Crippen LogP contribution >= 0.6 is 0 Å². The van der Waals surface area contributed by atoms with Gasteiger partial charge in [-0.1, -0.05) is 0 Å². The van der Waals surface area contributed by atoms with E-state index in [2.05, 4.69) is 10.9 Å². The average Bonchev–Trinajstić information content (AvgIpc) is 2.12. The number of Topliss-reactive ketones (excluding diaryl/α,β-unsaturated/α-hetero) is 1. The van der Waals surface area contributed by atoms with Gasteiger partial charge >= 0.3 is 6.20 Å². The fourth-order valence-corrected chi connectivity index (χ4v) is 0.515. The molecule has 1 heterocycles. The van der Waals surface area contributed by atoms with Gasteiger partial charge in [0.15, 0.2) is 5.78 Å². The smallest absolute Gasteiger partial charge is 0.295 e. The molecule has 2 heteroatoms. The van der Waals surface area contributed by atoms with Crippen LogP contribution in [-0.2, 0) is 4.79 Å². The van der Waals surface area contributed by atoms with Gasteiger partial charge < -0.3 is 0 Å². The maximum Gasteiger partial charge on any atom is 0.313 e. The molecule has 0 spiro atoms. The number of carbonyl (C=O) groups is 1. The van der Waals surface area contributed by atoms with Gasteiger partial charge in [-0.2, -0.15) is 0 Å². The molecule has 0 amide bonds. The molecular formula is C6H6NO+. The molecule has 0 aromatic heterocycles. The van der Waals surface area contributed by atoms with Gasteiger partial charge in [-0.15, -0.1) is 0 Å². The third kappa shape index (κ3) is 0.760. The summed E-state index contributed by atoms with van der Waals surface area (Å²) in [6.45, 7) is 1.54. The van der Waals surface area contributed by atoms with Crippen molar-refractivity contribution < 1.29 is 4.79 Å². The maximum atomic E-state index is 10.5. The number of rotatable bonds is 1. The van der Waals surface area contributed by atoms with E-state index in [0.717, 1.165) is 5.57 Å². The van der Waals surface area contributed by atoms with Crippen LogP contribution in [0, 0.1) is 6.07 Å². The summed E-state index contributed by atoms with van der Waals surface area (Å²) in [5.41, 5.74) is 0.755. The molecule has 1 rings (SSSR count). The van der Waals surface area contributed by atoms with Gasteiger partial charge in [-0.25, -0.2) is 0 Å². The summed E-state index contributed by atoms with van der Waals surface area (Å²) in [6.07, 6.45) is 2.15. The molecule has 0 unspecified atom stereocenters. The van der Waals surface area contributed by atoms with Gasteiger partial charge in [0.1, 0.15) is 6.42 Å². The van der Waals surface area contributed by atoms with Crippen LogP contribution in [0.15, 0.2) is 11.8 Å². The van der Waals surface area contributed by atoms with Crippen LogP contribution in [-0.4, -0.2) is 5.78 Å². The topological polar surface area (TPSA) is 21.4 Å². The molecule has 0 saturated heterocycles. The Labute approximate surface area is 47.6 Å². The lowest BCUT2D eigenvalue weighted by atomic mass is 10.2. The summed E-state index contributed by atoms with van der Waals surface area (Å²) in [6, 6.07) is 2.67. The van der Waals surface area contributed by atoms with E-state index < -0.39 is 0 Å². The van der Waals surface area contributed by atoms with Gasteiger partial charge in [0, 0.05) is 0 Å².